The van der Waals surface area contributed by atoms with Gasteiger partial charge in [-0.25, -0.2) is 4.98 Å². The van der Waals surface area contributed by atoms with Gasteiger partial charge in [-0.2, -0.15) is 5.26 Å². The van der Waals surface area contributed by atoms with Crippen molar-refractivity contribution in [3.8, 4) is 17.3 Å². The van der Waals surface area contributed by atoms with Crippen molar-refractivity contribution in [1.29, 1.82) is 5.26 Å². The first-order chi connectivity index (χ1) is 8.81. The van der Waals surface area contributed by atoms with Gasteiger partial charge >= 0.3 is 0 Å². The molecule has 18 heavy (non-hydrogen) atoms. The van der Waals surface area contributed by atoms with E-state index >= 15 is 0 Å². The van der Waals surface area contributed by atoms with Gasteiger partial charge in [0.1, 0.15) is 11.2 Å². The summed E-state index contributed by atoms with van der Waals surface area (Å²) in [5, 5.41) is 9.70. The molecular weight excluding hydrogens is 246 g/mol. The van der Waals surface area contributed by atoms with Crippen molar-refractivity contribution in [1.82, 2.24) is 9.55 Å². The van der Waals surface area contributed by atoms with E-state index < -0.39 is 0 Å². The Morgan fingerprint density at radius 3 is 3.11 bits per heavy atom. The Morgan fingerprint density at radius 1 is 1.44 bits per heavy atom. The largest absolute Gasteiger partial charge is 0.339 e. The number of nitriles is 1. The first kappa shape index (κ1) is 11.1. The lowest BCUT2D eigenvalue weighted by atomic mass is 10.1. The summed E-state index contributed by atoms with van der Waals surface area (Å²) in [6.07, 6.45) is 6.78. The van der Waals surface area contributed by atoms with E-state index in [1.807, 2.05) is 24.3 Å². The Labute approximate surface area is 110 Å². The van der Waals surface area contributed by atoms with Gasteiger partial charge in [0.05, 0.1) is 11.3 Å². The number of allylic oxidation sites excluding steroid dienone is 1. The second-order valence-electron chi connectivity index (χ2n) is 4.13. The highest BCUT2D eigenvalue weighted by Gasteiger charge is 2.18. The van der Waals surface area contributed by atoms with Gasteiger partial charge in [0.25, 0.3) is 0 Å². The average molecular weight is 256 g/mol. The minimum absolute atomic E-state index is 0.435. The van der Waals surface area contributed by atoms with Crippen molar-refractivity contribution < 1.29 is 0 Å². The van der Waals surface area contributed by atoms with E-state index in [0.717, 1.165) is 29.9 Å². The van der Waals surface area contributed by atoms with Crippen LogP contribution in [0.3, 0.4) is 0 Å². The summed E-state index contributed by atoms with van der Waals surface area (Å²) in [6.45, 7) is 0.869. The van der Waals surface area contributed by atoms with E-state index in [0.29, 0.717) is 10.7 Å². The third kappa shape index (κ3) is 1.62. The third-order valence-corrected chi connectivity index (χ3v) is 3.37. The predicted molar refractivity (Wildman–Crippen MR) is 71.0 cm³/mol. The fourth-order valence-corrected chi connectivity index (χ4v) is 2.50. The van der Waals surface area contributed by atoms with Crippen molar-refractivity contribution in [3.63, 3.8) is 0 Å². The molecule has 3 heterocycles. The zero-order valence-corrected chi connectivity index (χ0v) is 10.4. The van der Waals surface area contributed by atoms with Crippen LogP contribution in [0.1, 0.15) is 17.7 Å². The van der Waals surface area contributed by atoms with Crippen LogP contribution < -0.4 is 0 Å². The zero-order chi connectivity index (χ0) is 12.5. The fourth-order valence-electron chi connectivity index (χ4n) is 2.29. The molecule has 0 spiro atoms. The highest BCUT2D eigenvalue weighted by molar-refractivity contribution is 6.32. The van der Waals surface area contributed by atoms with Crippen molar-refractivity contribution in [2.45, 2.75) is 13.0 Å². The Bertz CT molecular complexity index is 677. The zero-order valence-electron chi connectivity index (χ0n) is 9.60. The second-order valence-corrected chi connectivity index (χ2v) is 4.49. The molecule has 0 radical (unpaired) electrons. The predicted octanol–water partition coefficient (Wildman–Crippen LogP) is 3.49. The number of pyridine rings is 1. The number of aromatic nitrogens is 2. The summed E-state index contributed by atoms with van der Waals surface area (Å²) in [7, 11) is 0. The van der Waals surface area contributed by atoms with Gasteiger partial charge < -0.3 is 4.57 Å². The normalized spacial score (nSPS) is 13.1. The molecule has 0 N–H and O–H groups in total. The van der Waals surface area contributed by atoms with E-state index in [4.69, 9.17) is 11.6 Å². The quantitative estimate of drug-likeness (QED) is 0.732. The highest BCUT2D eigenvalue weighted by atomic mass is 35.5. The van der Waals surface area contributed by atoms with Gasteiger partial charge in [0, 0.05) is 24.0 Å². The molecule has 1 aliphatic heterocycles. The smallest absolute Gasteiger partial charge is 0.138 e. The molecule has 88 valence electrons. The molecule has 0 fully saturated rings. The summed E-state index contributed by atoms with van der Waals surface area (Å²) in [6, 6.07) is 7.87. The molecule has 0 aromatic carbocycles. The standard InChI is InChI=1S/C14H10ClN3/c15-14-12(5-3-6-17-14)13-10(9-16)8-11-4-1-2-7-18(11)13/h1,3-6,8H,2,7H2. The molecule has 0 saturated heterocycles. The van der Waals surface area contributed by atoms with Gasteiger partial charge in [-0.15, -0.1) is 0 Å². The van der Waals surface area contributed by atoms with Crippen molar-refractivity contribution in [2.24, 2.45) is 0 Å². The maximum Gasteiger partial charge on any atom is 0.138 e. The first-order valence-electron chi connectivity index (χ1n) is 5.72. The van der Waals surface area contributed by atoms with Crippen molar-refractivity contribution in [3.05, 3.63) is 46.9 Å². The van der Waals surface area contributed by atoms with E-state index in [1.165, 1.54) is 0 Å². The molecule has 2 aromatic rings. The molecule has 1 aliphatic rings. The van der Waals surface area contributed by atoms with Gasteiger partial charge in [-0.1, -0.05) is 17.7 Å². The lowest BCUT2D eigenvalue weighted by molar-refractivity contribution is 0.703. The van der Waals surface area contributed by atoms with Crippen LogP contribution in [-0.2, 0) is 6.54 Å². The number of hydrogen-bond acceptors (Lipinski definition) is 2. The van der Waals surface area contributed by atoms with Crippen LogP contribution in [0, 0.1) is 11.3 Å². The highest BCUT2D eigenvalue weighted by Crippen LogP contribution is 2.33. The Balaban J connectivity index is 2.30. The molecule has 2 aromatic heterocycles. The van der Waals surface area contributed by atoms with Gasteiger partial charge in [0.15, 0.2) is 0 Å². The molecule has 0 amide bonds. The second kappa shape index (κ2) is 4.32. The maximum absolute atomic E-state index is 9.27. The van der Waals surface area contributed by atoms with Gasteiger partial charge in [-0.3, -0.25) is 0 Å². The van der Waals surface area contributed by atoms with E-state index in [2.05, 4.69) is 21.7 Å². The molecule has 4 heteroatoms. The molecule has 0 saturated carbocycles. The van der Waals surface area contributed by atoms with Crippen molar-refractivity contribution >= 4 is 17.7 Å². The van der Waals surface area contributed by atoms with E-state index in [9.17, 15) is 5.26 Å². The summed E-state index contributed by atoms with van der Waals surface area (Å²) in [4.78, 5) is 4.08. The maximum atomic E-state index is 9.27. The molecule has 0 unspecified atom stereocenters. The summed E-state index contributed by atoms with van der Waals surface area (Å²) >= 11 is 6.14. The molecule has 0 bridgehead atoms. The fraction of sp³-hybridized carbons (Fsp3) is 0.143. The van der Waals surface area contributed by atoms with Crippen LogP contribution in [0.4, 0.5) is 0 Å². The average Bonchev–Trinajstić information content (AvgIpc) is 2.78. The van der Waals surface area contributed by atoms with Crippen molar-refractivity contribution in [2.75, 3.05) is 0 Å². The molecular formula is C14H10ClN3. The number of fused-ring (bicyclic) bond motifs is 1. The van der Waals surface area contributed by atoms with Crippen LogP contribution in [0.5, 0.6) is 0 Å². The number of hydrogen-bond donors (Lipinski definition) is 0. The van der Waals surface area contributed by atoms with Crippen LogP contribution in [0.2, 0.25) is 5.15 Å². The Kier molecular flexibility index (Phi) is 2.66. The topological polar surface area (TPSA) is 41.6 Å². The molecule has 3 nitrogen and oxygen atoms in total. The summed E-state index contributed by atoms with van der Waals surface area (Å²) in [5.74, 6) is 0. The SMILES string of the molecule is N#Cc1cc2n(c1-c1cccnc1Cl)CCC=C2. The van der Waals surface area contributed by atoms with Crippen LogP contribution >= 0.6 is 11.6 Å². The monoisotopic (exact) mass is 255 g/mol. The summed E-state index contributed by atoms with van der Waals surface area (Å²) in [5.41, 5.74) is 3.38. The van der Waals surface area contributed by atoms with Gasteiger partial charge in [-0.05, 0) is 30.7 Å². The van der Waals surface area contributed by atoms with Crippen LogP contribution in [-0.4, -0.2) is 9.55 Å². The number of nitrogens with zero attached hydrogens (tertiary/aromatic N) is 3. The summed E-state index contributed by atoms with van der Waals surface area (Å²) < 4.78 is 2.13. The van der Waals surface area contributed by atoms with Gasteiger partial charge in [0.2, 0.25) is 0 Å². The number of rotatable bonds is 1. The minimum atomic E-state index is 0.435. The first-order valence-corrected chi connectivity index (χ1v) is 6.10. The Morgan fingerprint density at radius 2 is 2.33 bits per heavy atom. The molecule has 3 rings (SSSR count). The lowest BCUT2D eigenvalue weighted by Crippen LogP contribution is -2.05. The molecule has 0 aliphatic carbocycles. The minimum Gasteiger partial charge on any atom is -0.339 e. The van der Waals surface area contributed by atoms with Crippen LogP contribution in [0.25, 0.3) is 17.3 Å². The third-order valence-electron chi connectivity index (χ3n) is 3.07. The van der Waals surface area contributed by atoms with E-state index in [1.54, 1.807) is 6.20 Å². The number of halogens is 1. The molecule has 0 atom stereocenters. The van der Waals surface area contributed by atoms with E-state index in [-0.39, 0.29) is 0 Å². The van der Waals surface area contributed by atoms with Crippen LogP contribution in [0.15, 0.2) is 30.5 Å². The Hall–Kier alpha value is -2.05. The lowest BCUT2D eigenvalue weighted by Gasteiger charge is -2.14.